The first-order valence-electron chi connectivity index (χ1n) is 12.7. The van der Waals surface area contributed by atoms with Gasteiger partial charge in [0.05, 0.1) is 22.5 Å². The highest BCUT2D eigenvalue weighted by molar-refractivity contribution is 6.37. The second-order valence-corrected chi connectivity index (χ2v) is 9.84. The van der Waals surface area contributed by atoms with Gasteiger partial charge in [0.25, 0.3) is 11.8 Å². The second-order valence-electron chi connectivity index (χ2n) is 9.84. The molecule has 0 atom stereocenters. The number of anilines is 2. The van der Waals surface area contributed by atoms with Crippen LogP contribution in [-0.2, 0) is 4.79 Å². The Morgan fingerprint density at radius 3 is 2.32 bits per heavy atom. The highest BCUT2D eigenvalue weighted by Crippen LogP contribution is 2.39. The number of carboxylic acid groups (broad SMARTS) is 1. The molecule has 1 saturated heterocycles. The molecule has 2 aliphatic heterocycles. The molecular formula is C30H30N4O4. The van der Waals surface area contributed by atoms with Crippen molar-refractivity contribution in [3.05, 3.63) is 94.5 Å². The maximum atomic E-state index is 13.2. The average Bonchev–Trinajstić information content (AvgIpc) is 3.23. The van der Waals surface area contributed by atoms with Crippen molar-refractivity contribution in [3.63, 3.8) is 0 Å². The summed E-state index contributed by atoms with van der Waals surface area (Å²) in [6.45, 7) is 3.66. The number of amides is 2. The van der Waals surface area contributed by atoms with Crippen LogP contribution in [0.1, 0.15) is 50.2 Å². The Hall–Kier alpha value is -4.43. The van der Waals surface area contributed by atoms with E-state index < -0.39 is 5.97 Å². The third kappa shape index (κ3) is 5.17. The smallest absolute Gasteiger partial charge is 0.336 e. The number of aryl methyl sites for hydroxylation is 1. The number of hydrogen-bond acceptors (Lipinski definition) is 5. The molecule has 4 N–H and O–H groups in total. The van der Waals surface area contributed by atoms with E-state index in [9.17, 15) is 19.5 Å². The summed E-state index contributed by atoms with van der Waals surface area (Å²) in [7, 11) is 2.09. The summed E-state index contributed by atoms with van der Waals surface area (Å²) >= 11 is 0. The number of benzene rings is 3. The quantitative estimate of drug-likeness (QED) is 0.365. The normalized spacial score (nSPS) is 16.9. The van der Waals surface area contributed by atoms with Crippen LogP contribution in [0.2, 0.25) is 0 Å². The van der Waals surface area contributed by atoms with Crippen LogP contribution < -0.4 is 16.0 Å². The van der Waals surface area contributed by atoms with E-state index in [1.54, 1.807) is 25.1 Å². The Balaban J connectivity index is 1.45. The van der Waals surface area contributed by atoms with Crippen molar-refractivity contribution in [3.8, 4) is 0 Å². The molecule has 5 rings (SSSR count). The molecule has 2 aliphatic rings. The molecule has 2 heterocycles. The molecule has 0 saturated carbocycles. The van der Waals surface area contributed by atoms with Gasteiger partial charge in [-0.2, -0.15) is 0 Å². The Bertz CT molecular complexity index is 1420. The highest BCUT2D eigenvalue weighted by atomic mass is 16.4. The van der Waals surface area contributed by atoms with E-state index in [1.807, 2.05) is 42.5 Å². The van der Waals surface area contributed by atoms with Gasteiger partial charge >= 0.3 is 5.97 Å². The van der Waals surface area contributed by atoms with Gasteiger partial charge in [0.2, 0.25) is 0 Å². The number of piperidine rings is 1. The molecule has 0 radical (unpaired) electrons. The summed E-state index contributed by atoms with van der Waals surface area (Å²) in [6.07, 6.45) is 1.87. The van der Waals surface area contributed by atoms with Crippen molar-refractivity contribution in [1.82, 2.24) is 10.2 Å². The zero-order chi connectivity index (χ0) is 26.8. The third-order valence-corrected chi connectivity index (χ3v) is 7.12. The third-order valence-electron chi connectivity index (χ3n) is 7.12. The number of nitrogens with zero attached hydrogens (tertiary/aromatic N) is 1. The van der Waals surface area contributed by atoms with Crippen molar-refractivity contribution < 1.29 is 19.5 Å². The van der Waals surface area contributed by atoms with Crippen molar-refractivity contribution in [2.45, 2.75) is 25.8 Å². The van der Waals surface area contributed by atoms with Gasteiger partial charge in [-0.15, -0.1) is 0 Å². The molecule has 3 aromatic carbocycles. The molecule has 0 aliphatic carbocycles. The molecule has 38 heavy (non-hydrogen) atoms. The van der Waals surface area contributed by atoms with Crippen molar-refractivity contribution in [2.24, 2.45) is 0 Å². The van der Waals surface area contributed by atoms with Gasteiger partial charge in [0.1, 0.15) is 0 Å². The number of carbonyl (C=O) groups is 3. The first-order chi connectivity index (χ1) is 18.3. The lowest BCUT2D eigenvalue weighted by atomic mass is 9.96. The SMILES string of the molecule is Cc1cc2c(cc1C(=O)O)NC(=O)/C2=C(\Nc1ccc(C(=O)NC2CCN(C)CC2)cc1)c1ccccc1. The minimum Gasteiger partial charge on any atom is -0.478 e. The molecule has 0 aromatic heterocycles. The van der Waals surface area contributed by atoms with E-state index >= 15 is 0 Å². The van der Waals surface area contributed by atoms with E-state index in [-0.39, 0.29) is 23.4 Å². The van der Waals surface area contributed by atoms with Crippen LogP contribution in [0.15, 0.2) is 66.7 Å². The van der Waals surface area contributed by atoms with Crippen LogP contribution in [-0.4, -0.2) is 54.0 Å². The second kappa shape index (κ2) is 10.5. The van der Waals surface area contributed by atoms with Crippen molar-refractivity contribution in [1.29, 1.82) is 0 Å². The summed E-state index contributed by atoms with van der Waals surface area (Å²) in [4.78, 5) is 39.8. The number of carboxylic acids is 1. The highest BCUT2D eigenvalue weighted by Gasteiger charge is 2.30. The number of aromatic carboxylic acids is 1. The summed E-state index contributed by atoms with van der Waals surface area (Å²) in [5.41, 5.74) is 4.92. The number of nitrogens with one attached hydrogen (secondary N) is 3. The predicted octanol–water partition coefficient (Wildman–Crippen LogP) is 4.45. The largest absolute Gasteiger partial charge is 0.478 e. The summed E-state index contributed by atoms with van der Waals surface area (Å²) < 4.78 is 0. The summed E-state index contributed by atoms with van der Waals surface area (Å²) in [6, 6.07) is 20.1. The Labute approximate surface area is 221 Å². The van der Waals surface area contributed by atoms with Crippen LogP contribution in [0, 0.1) is 6.92 Å². The van der Waals surface area contributed by atoms with Crippen molar-refractivity contribution in [2.75, 3.05) is 30.8 Å². The maximum absolute atomic E-state index is 13.2. The standard InChI is InChI=1S/C30H30N4O4/c1-18-16-24-25(17-23(18)30(37)38)33-29(36)26(24)27(19-6-4-3-5-7-19)31-21-10-8-20(9-11-21)28(35)32-22-12-14-34(2)15-13-22/h3-11,16-17,22,31H,12-15H2,1-2H3,(H,32,35)(H,33,36)(H,37,38)/b27-26-. The first-order valence-corrected chi connectivity index (χ1v) is 12.7. The van der Waals surface area contributed by atoms with Gasteiger partial charge in [-0.1, -0.05) is 30.3 Å². The molecule has 8 heteroatoms. The van der Waals surface area contributed by atoms with E-state index in [0.29, 0.717) is 39.3 Å². The Morgan fingerprint density at radius 2 is 1.66 bits per heavy atom. The minimum atomic E-state index is -1.04. The molecule has 0 spiro atoms. The zero-order valence-electron chi connectivity index (χ0n) is 21.4. The number of hydrogen-bond donors (Lipinski definition) is 4. The lowest BCUT2D eigenvalue weighted by Crippen LogP contribution is -2.43. The fourth-order valence-electron chi connectivity index (χ4n) is 4.96. The number of rotatable bonds is 6. The predicted molar refractivity (Wildman–Crippen MR) is 148 cm³/mol. The zero-order valence-corrected chi connectivity index (χ0v) is 21.4. The van der Waals surface area contributed by atoms with Gasteiger partial charge in [0.15, 0.2) is 0 Å². The van der Waals surface area contributed by atoms with E-state index in [0.717, 1.165) is 31.5 Å². The summed E-state index contributed by atoms with van der Waals surface area (Å²) in [5.74, 6) is -1.46. The average molecular weight is 511 g/mol. The van der Waals surface area contributed by atoms with Crippen LogP contribution in [0.25, 0.3) is 11.3 Å². The van der Waals surface area contributed by atoms with Crippen LogP contribution in [0.4, 0.5) is 11.4 Å². The van der Waals surface area contributed by atoms with Crippen molar-refractivity contribution >= 4 is 40.4 Å². The van der Waals surface area contributed by atoms with E-state index in [4.69, 9.17) is 0 Å². The Kier molecular flexibility index (Phi) is 6.98. The molecule has 0 unspecified atom stereocenters. The summed E-state index contributed by atoms with van der Waals surface area (Å²) in [5, 5.41) is 18.8. The van der Waals surface area contributed by atoms with Crippen LogP contribution in [0.5, 0.6) is 0 Å². The molecule has 1 fully saturated rings. The lowest BCUT2D eigenvalue weighted by molar-refractivity contribution is -0.110. The molecular weight excluding hydrogens is 480 g/mol. The molecule has 0 bridgehead atoms. The number of likely N-dealkylation sites (tertiary alicyclic amines) is 1. The fourth-order valence-corrected chi connectivity index (χ4v) is 4.96. The fraction of sp³-hybridized carbons (Fsp3) is 0.233. The van der Waals surface area contributed by atoms with Gasteiger partial charge in [-0.05, 0) is 87.4 Å². The van der Waals surface area contributed by atoms with Crippen LogP contribution in [0.3, 0.4) is 0 Å². The topological polar surface area (TPSA) is 111 Å². The van der Waals surface area contributed by atoms with Gasteiger partial charge in [0, 0.05) is 22.9 Å². The van der Waals surface area contributed by atoms with E-state index in [1.165, 1.54) is 6.07 Å². The van der Waals surface area contributed by atoms with Gasteiger partial charge < -0.3 is 26.0 Å². The van der Waals surface area contributed by atoms with Gasteiger partial charge in [-0.25, -0.2) is 4.79 Å². The first kappa shape index (κ1) is 25.2. The molecule has 2 amide bonds. The molecule has 194 valence electrons. The Morgan fingerprint density at radius 1 is 0.974 bits per heavy atom. The number of carbonyl (C=O) groups excluding carboxylic acids is 2. The molecule has 8 nitrogen and oxygen atoms in total. The molecule has 3 aromatic rings. The monoisotopic (exact) mass is 510 g/mol. The number of fused-ring (bicyclic) bond motifs is 1. The maximum Gasteiger partial charge on any atom is 0.336 e. The van der Waals surface area contributed by atoms with Crippen LogP contribution >= 0.6 is 0 Å². The van der Waals surface area contributed by atoms with E-state index in [2.05, 4.69) is 27.9 Å². The van der Waals surface area contributed by atoms with Gasteiger partial charge in [-0.3, -0.25) is 9.59 Å². The lowest BCUT2D eigenvalue weighted by Gasteiger charge is -2.29. The minimum absolute atomic E-state index is 0.0958.